The van der Waals surface area contributed by atoms with E-state index in [2.05, 4.69) is 4.99 Å². The second kappa shape index (κ2) is 4.02. The summed E-state index contributed by atoms with van der Waals surface area (Å²) in [5.74, 6) is 2.56. The van der Waals surface area contributed by atoms with Gasteiger partial charge in [0.05, 0.1) is 6.04 Å². The molecule has 0 unspecified atom stereocenters. The van der Waals surface area contributed by atoms with Crippen molar-refractivity contribution in [3.8, 4) is 0 Å². The maximum Gasteiger partial charge on any atom is 0.191 e. The van der Waals surface area contributed by atoms with Crippen LogP contribution in [0.4, 0.5) is 0 Å². The Hall–Kier alpha value is 0. The lowest BCUT2D eigenvalue weighted by Gasteiger charge is -2.09. The molecule has 2 rings (SSSR count). The van der Waals surface area contributed by atoms with E-state index in [4.69, 9.17) is 5.73 Å². The molecule has 0 spiro atoms. The minimum Gasteiger partial charge on any atom is -0.370 e. The van der Waals surface area contributed by atoms with Crippen LogP contribution in [0.5, 0.6) is 0 Å². The van der Waals surface area contributed by atoms with Crippen molar-refractivity contribution in [1.82, 2.24) is 4.90 Å². The Morgan fingerprint density at radius 3 is 2.46 bits per heavy atom. The molecule has 0 aromatic rings. The van der Waals surface area contributed by atoms with Gasteiger partial charge in [0, 0.05) is 14.1 Å². The minimum atomic E-state index is 0. The summed E-state index contributed by atoms with van der Waals surface area (Å²) in [4.78, 5) is 6.33. The molecule has 2 N–H and O–H groups in total. The van der Waals surface area contributed by atoms with Crippen LogP contribution in [0, 0.1) is 11.8 Å². The van der Waals surface area contributed by atoms with Gasteiger partial charge in [0.25, 0.3) is 0 Å². The molecule has 0 saturated heterocycles. The monoisotopic (exact) mass is 295 g/mol. The number of halogens is 1. The average Bonchev–Trinajstić information content (AvgIpc) is 2.79. The third-order valence-corrected chi connectivity index (χ3v) is 2.79. The molecule has 2 aliphatic rings. The number of nitrogens with two attached hydrogens (primary N) is 1. The highest BCUT2D eigenvalue weighted by atomic mass is 127. The zero-order valence-corrected chi connectivity index (χ0v) is 10.6. The van der Waals surface area contributed by atoms with Gasteiger partial charge in [0.2, 0.25) is 0 Å². The van der Waals surface area contributed by atoms with E-state index in [1.807, 2.05) is 19.0 Å². The summed E-state index contributed by atoms with van der Waals surface area (Å²) in [6, 6.07) is 0.555. The van der Waals surface area contributed by atoms with Crippen LogP contribution in [-0.4, -0.2) is 31.0 Å². The molecule has 0 amide bonds. The maximum absolute atomic E-state index is 5.72. The van der Waals surface area contributed by atoms with Gasteiger partial charge in [0.15, 0.2) is 5.96 Å². The van der Waals surface area contributed by atoms with E-state index in [1.165, 1.54) is 19.3 Å². The lowest BCUT2D eigenvalue weighted by molar-refractivity contribution is 0.602. The number of hydrogen-bond donors (Lipinski definition) is 1. The van der Waals surface area contributed by atoms with Crippen molar-refractivity contribution >= 4 is 29.9 Å². The minimum absolute atomic E-state index is 0. The fourth-order valence-corrected chi connectivity index (χ4v) is 1.67. The number of aliphatic imine (C=N–C) groups is 1. The van der Waals surface area contributed by atoms with Crippen molar-refractivity contribution in [2.45, 2.75) is 25.3 Å². The zero-order chi connectivity index (χ0) is 8.72. The van der Waals surface area contributed by atoms with Gasteiger partial charge in [-0.25, -0.2) is 4.99 Å². The first-order valence-corrected chi connectivity index (χ1v) is 4.69. The number of nitrogens with zero attached hydrogens (tertiary/aromatic N) is 2. The topological polar surface area (TPSA) is 41.6 Å². The molecule has 2 aliphatic carbocycles. The van der Waals surface area contributed by atoms with Crippen molar-refractivity contribution in [2.24, 2.45) is 22.6 Å². The van der Waals surface area contributed by atoms with Gasteiger partial charge >= 0.3 is 0 Å². The lowest BCUT2D eigenvalue weighted by atomic mass is 10.3. The Morgan fingerprint density at radius 2 is 2.00 bits per heavy atom. The smallest absolute Gasteiger partial charge is 0.191 e. The van der Waals surface area contributed by atoms with Crippen LogP contribution in [0.25, 0.3) is 0 Å². The molecule has 2 saturated carbocycles. The second-order valence-corrected chi connectivity index (χ2v) is 4.19. The van der Waals surface area contributed by atoms with Crippen LogP contribution in [0.2, 0.25) is 0 Å². The van der Waals surface area contributed by atoms with Crippen molar-refractivity contribution in [3.63, 3.8) is 0 Å². The summed E-state index contributed by atoms with van der Waals surface area (Å²) in [6.07, 6.45) is 4.14. The molecule has 0 aromatic carbocycles. The molecule has 3 nitrogen and oxygen atoms in total. The van der Waals surface area contributed by atoms with E-state index in [-0.39, 0.29) is 24.0 Å². The first-order chi connectivity index (χ1) is 5.68. The van der Waals surface area contributed by atoms with Crippen LogP contribution < -0.4 is 5.73 Å². The number of guanidine groups is 1. The van der Waals surface area contributed by atoms with Gasteiger partial charge in [0.1, 0.15) is 0 Å². The third-order valence-electron chi connectivity index (χ3n) is 2.79. The van der Waals surface area contributed by atoms with Gasteiger partial charge in [-0.05, 0) is 31.1 Å². The Bertz CT molecular complexity index is 211. The Labute approximate surface area is 96.8 Å². The summed E-state index contributed by atoms with van der Waals surface area (Å²) in [5, 5.41) is 0. The molecular formula is C9H18IN3. The molecule has 4 heteroatoms. The van der Waals surface area contributed by atoms with E-state index in [0.29, 0.717) is 12.0 Å². The molecule has 0 radical (unpaired) electrons. The fraction of sp³-hybridized carbons (Fsp3) is 0.889. The van der Waals surface area contributed by atoms with E-state index < -0.39 is 0 Å². The second-order valence-electron chi connectivity index (χ2n) is 4.19. The average molecular weight is 295 g/mol. The summed E-state index contributed by atoms with van der Waals surface area (Å²) in [7, 11) is 3.88. The molecule has 0 bridgehead atoms. The number of rotatable bonds is 2. The molecular weight excluding hydrogens is 277 g/mol. The fourth-order valence-electron chi connectivity index (χ4n) is 1.67. The van der Waals surface area contributed by atoms with Crippen LogP contribution in [0.3, 0.4) is 0 Å². The van der Waals surface area contributed by atoms with Gasteiger partial charge in [-0.15, -0.1) is 24.0 Å². The van der Waals surface area contributed by atoms with E-state index in [0.717, 1.165) is 11.8 Å². The maximum atomic E-state index is 5.72. The standard InChI is InChI=1S/C9H17N3.HI/c1-12(2)9(10)11-8-5-7(8)6-3-4-6;/h6-8H,3-5H2,1-2H3,(H2,10,11);1H/t7-,8+;/m0./s1. The number of hydrogen-bond acceptors (Lipinski definition) is 1. The molecule has 0 heterocycles. The normalized spacial score (nSPS) is 32.3. The molecule has 2 fully saturated rings. The third kappa shape index (κ3) is 2.72. The summed E-state index contributed by atoms with van der Waals surface area (Å²) < 4.78 is 0. The van der Waals surface area contributed by atoms with Crippen molar-refractivity contribution in [2.75, 3.05) is 14.1 Å². The van der Waals surface area contributed by atoms with Crippen LogP contribution in [0.15, 0.2) is 4.99 Å². The molecule has 0 aliphatic heterocycles. The van der Waals surface area contributed by atoms with Crippen molar-refractivity contribution in [1.29, 1.82) is 0 Å². The highest BCUT2D eigenvalue weighted by molar-refractivity contribution is 14.0. The van der Waals surface area contributed by atoms with E-state index in [9.17, 15) is 0 Å². The van der Waals surface area contributed by atoms with Gasteiger partial charge in [-0.1, -0.05) is 0 Å². The van der Waals surface area contributed by atoms with Gasteiger partial charge < -0.3 is 10.6 Å². The first kappa shape index (κ1) is 11.1. The quantitative estimate of drug-likeness (QED) is 0.474. The molecule has 2 atom stereocenters. The predicted molar refractivity (Wildman–Crippen MR) is 65.3 cm³/mol. The van der Waals surface area contributed by atoms with Crippen molar-refractivity contribution in [3.05, 3.63) is 0 Å². The highest BCUT2D eigenvalue weighted by Crippen LogP contribution is 2.51. The Morgan fingerprint density at radius 1 is 1.38 bits per heavy atom. The SMILES string of the molecule is CN(C)C(N)=N[C@@H]1C[C@H]1C1CC1.I. The Kier molecular flexibility index (Phi) is 3.43. The zero-order valence-electron chi connectivity index (χ0n) is 8.23. The summed E-state index contributed by atoms with van der Waals surface area (Å²) in [5.41, 5.74) is 5.72. The summed E-state index contributed by atoms with van der Waals surface area (Å²) >= 11 is 0. The molecule has 13 heavy (non-hydrogen) atoms. The Balaban J connectivity index is 0.000000845. The largest absolute Gasteiger partial charge is 0.370 e. The first-order valence-electron chi connectivity index (χ1n) is 4.69. The van der Waals surface area contributed by atoms with Crippen LogP contribution in [0.1, 0.15) is 19.3 Å². The van der Waals surface area contributed by atoms with Gasteiger partial charge in [-0.3, -0.25) is 0 Å². The van der Waals surface area contributed by atoms with Gasteiger partial charge in [-0.2, -0.15) is 0 Å². The highest BCUT2D eigenvalue weighted by Gasteiger charge is 2.47. The molecule has 0 aromatic heterocycles. The predicted octanol–water partition coefficient (Wildman–Crippen LogP) is 1.28. The lowest BCUT2D eigenvalue weighted by Crippen LogP contribution is -2.30. The molecule has 76 valence electrons. The van der Waals surface area contributed by atoms with E-state index >= 15 is 0 Å². The summed E-state index contributed by atoms with van der Waals surface area (Å²) in [6.45, 7) is 0. The van der Waals surface area contributed by atoms with Crippen LogP contribution >= 0.6 is 24.0 Å². The van der Waals surface area contributed by atoms with E-state index in [1.54, 1.807) is 0 Å². The van der Waals surface area contributed by atoms with Crippen LogP contribution in [-0.2, 0) is 0 Å². The van der Waals surface area contributed by atoms with Crippen molar-refractivity contribution < 1.29 is 0 Å².